The maximum atomic E-state index is 2.28. The van der Waals surface area contributed by atoms with E-state index in [0.717, 1.165) is 6.54 Å². The lowest BCUT2D eigenvalue weighted by Crippen LogP contribution is -2.38. The van der Waals surface area contributed by atoms with Crippen LogP contribution in [0.2, 0.25) is 0 Å². The molecule has 0 amide bonds. The molecule has 0 bridgehead atoms. The average molecular weight is 146 g/mol. The molecule has 0 unspecified atom stereocenters. The molecule has 0 aliphatic carbocycles. The van der Waals surface area contributed by atoms with Gasteiger partial charge in [-0.15, -0.1) is 0 Å². The number of aromatic nitrogens is 1. The van der Waals surface area contributed by atoms with Gasteiger partial charge in [-0.25, -0.2) is 0 Å². The molecule has 0 spiro atoms. The van der Waals surface area contributed by atoms with Crippen LogP contribution in [-0.2, 0) is 6.54 Å². The Morgan fingerprint density at radius 2 is 2.27 bits per heavy atom. The zero-order valence-electron chi connectivity index (χ0n) is 6.75. The molecular formula is C10H12N+. The van der Waals surface area contributed by atoms with Crippen molar-refractivity contribution in [2.24, 2.45) is 0 Å². The maximum Gasteiger partial charge on any atom is 0.205 e. The van der Waals surface area contributed by atoms with Gasteiger partial charge in [0, 0.05) is 24.6 Å². The minimum absolute atomic E-state index is 1.14. The topological polar surface area (TPSA) is 3.88 Å². The van der Waals surface area contributed by atoms with Gasteiger partial charge in [-0.3, -0.25) is 0 Å². The van der Waals surface area contributed by atoms with E-state index in [-0.39, 0.29) is 0 Å². The third kappa shape index (κ3) is 1.18. The van der Waals surface area contributed by atoms with Crippen LogP contribution in [0, 0.1) is 0 Å². The third-order valence-electron chi connectivity index (χ3n) is 2.12. The highest BCUT2D eigenvalue weighted by Gasteiger charge is 2.11. The molecule has 0 N–H and O–H groups in total. The predicted octanol–water partition coefficient (Wildman–Crippen LogP) is 1.78. The summed E-state index contributed by atoms with van der Waals surface area (Å²) in [5, 5.41) is 0. The van der Waals surface area contributed by atoms with Gasteiger partial charge in [0.2, 0.25) is 5.69 Å². The molecule has 56 valence electrons. The molecule has 0 radical (unpaired) electrons. The van der Waals surface area contributed by atoms with E-state index < -0.39 is 0 Å². The van der Waals surface area contributed by atoms with Crippen LogP contribution in [0.5, 0.6) is 0 Å². The summed E-state index contributed by atoms with van der Waals surface area (Å²) in [6.45, 7) is 3.33. The predicted molar refractivity (Wildman–Crippen MR) is 44.9 cm³/mol. The van der Waals surface area contributed by atoms with Crippen molar-refractivity contribution < 1.29 is 4.57 Å². The quantitative estimate of drug-likeness (QED) is 0.491. The highest BCUT2D eigenvalue weighted by Crippen LogP contribution is 2.10. The Morgan fingerprint density at radius 1 is 1.36 bits per heavy atom. The van der Waals surface area contributed by atoms with E-state index in [1.807, 2.05) is 0 Å². The van der Waals surface area contributed by atoms with Gasteiger partial charge < -0.3 is 0 Å². The number of hydrogen-bond acceptors (Lipinski definition) is 0. The van der Waals surface area contributed by atoms with Crippen LogP contribution in [-0.4, -0.2) is 0 Å². The Hall–Kier alpha value is -1.11. The van der Waals surface area contributed by atoms with E-state index in [0.29, 0.717) is 0 Å². The molecule has 1 aromatic rings. The lowest BCUT2D eigenvalue weighted by Gasteiger charge is -2.06. The van der Waals surface area contributed by atoms with Crippen LogP contribution in [0.1, 0.15) is 19.0 Å². The minimum atomic E-state index is 1.14. The summed E-state index contributed by atoms with van der Waals surface area (Å²) in [6, 6.07) is 6.32. The van der Waals surface area contributed by atoms with Crippen LogP contribution in [0.3, 0.4) is 0 Å². The first-order valence-electron chi connectivity index (χ1n) is 4.02. The second-order valence-corrected chi connectivity index (χ2v) is 3.06. The van der Waals surface area contributed by atoms with E-state index in [4.69, 9.17) is 0 Å². The highest BCUT2D eigenvalue weighted by molar-refractivity contribution is 5.46. The summed E-state index contributed by atoms with van der Waals surface area (Å²) in [5.74, 6) is 0. The molecule has 1 nitrogen and oxygen atoms in total. The number of aryl methyl sites for hydroxylation is 1. The Morgan fingerprint density at radius 3 is 3.18 bits per heavy atom. The van der Waals surface area contributed by atoms with E-state index >= 15 is 0 Å². The number of hydrogen-bond donors (Lipinski definition) is 0. The van der Waals surface area contributed by atoms with Gasteiger partial charge in [-0.1, -0.05) is 5.57 Å². The molecule has 0 atom stereocenters. The first-order valence-corrected chi connectivity index (χ1v) is 4.02. The summed E-state index contributed by atoms with van der Waals surface area (Å²) in [6.07, 6.45) is 5.59. The van der Waals surface area contributed by atoms with Gasteiger partial charge in [0.15, 0.2) is 12.7 Å². The zero-order valence-corrected chi connectivity index (χ0v) is 6.75. The largest absolute Gasteiger partial charge is 0.205 e. The van der Waals surface area contributed by atoms with Gasteiger partial charge in [0.1, 0.15) is 0 Å². The van der Waals surface area contributed by atoms with Crippen molar-refractivity contribution in [1.29, 1.82) is 0 Å². The first-order chi connectivity index (χ1) is 5.36. The highest BCUT2D eigenvalue weighted by atomic mass is 15.0. The number of fused-ring (bicyclic) bond motifs is 1. The molecule has 2 rings (SSSR count). The summed E-state index contributed by atoms with van der Waals surface area (Å²) >= 11 is 0. The van der Waals surface area contributed by atoms with Crippen molar-refractivity contribution in [2.45, 2.75) is 19.9 Å². The number of rotatable bonds is 0. The van der Waals surface area contributed by atoms with Crippen LogP contribution < -0.4 is 4.57 Å². The lowest BCUT2D eigenvalue weighted by atomic mass is 10.1. The molecule has 11 heavy (non-hydrogen) atoms. The van der Waals surface area contributed by atoms with Crippen molar-refractivity contribution in [3.63, 3.8) is 0 Å². The Bertz CT molecular complexity index is 299. The molecule has 2 heterocycles. The van der Waals surface area contributed by atoms with Gasteiger partial charge in [0.05, 0.1) is 0 Å². The van der Waals surface area contributed by atoms with E-state index in [1.54, 1.807) is 0 Å². The van der Waals surface area contributed by atoms with Gasteiger partial charge in [-0.2, -0.15) is 4.57 Å². The van der Waals surface area contributed by atoms with Crippen molar-refractivity contribution in [3.05, 3.63) is 35.7 Å². The van der Waals surface area contributed by atoms with Crippen molar-refractivity contribution in [1.82, 2.24) is 0 Å². The average Bonchev–Trinajstić information content (AvgIpc) is 2.04. The monoisotopic (exact) mass is 146 g/mol. The van der Waals surface area contributed by atoms with Crippen molar-refractivity contribution in [3.8, 4) is 0 Å². The van der Waals surface area contributed by atoms with Crippen molar-refractivity contribution >= 4 is 6.08 Å². The van der Waals surface area contributed by atoms with E-state index in [9.17, 15) is 0 Å². The standard InChI is InChI=1S/C10H12N/c1-9-5-7-11-6-3-2-4-10(11)8-9/h2-4,6,8H,5,7H2,1H3/q+1. The Balaban J connectivity index is 2.51. The SMILES string of the molecule is CC1=Cc2cccc[n+]2CC1. The van der Waals surface area contributed by atoms with E-state index in [1.165, 1.54) is 17.7 Å². The summed E-state index contributed by atoms with van der Waals surface area (Å²) in [5.41, 5.74) is 2.81. The molecule has 0 fully saturated rings. The number of pyridine rings is 1. The molecule has 0 saturated carbocycles. The number of allylic oxidation sites excluding steroid dienone is 1. The molecule has 1 heteroatoms. The summed E-state index contributed by atoms with van der Waals surface area (Å²) < 4.78 is 2.28. The lowest BCUT2D eigenvalue weighted by molar-refractivity contribution is -0.699. The fourth-order valence-corrected chi connectivity index (χ4v) is 1.45. The minimum Gasteiger partial charge on any atom is -0.198 e. The van der Waals surface area contributed by atoms with Crippen molar-refractivity contribution in [2.75, 3.05) is 0 Å². The van der Waals surface area contributed by atoms with Crippen LogP contribution in [0.4, 0.5) is 0 Å². The molecule has 1 aliphatic heterocycles. The zero-order chi connectivity index (χ0) is 7.68. The molecule has 1 aliphatic rings. The van der Waals surface area contributed by atoms with Crippen LogP contribution in [0.15, 0.2) is 30.0 Å². The Kier molecular flexibility index (Phi) is 1.50. The summed E-state index contributed by atoms with van der Waals surface area (Å²) in [4.78, 5) is 0. The summed E-state index contributed by atoms with van der Waals surface area (Å²) in [7, 11) is 0. The van der Waals surface area contributed by atoms with Gasteiger partial charge in [0.25, 0.3) is 0 Å². The van der Waals surface area contributed by atoms with Crippen LogP contribution >= 0.6 is 0 Å². The van der Waals surface area contributed by atoms with Crippen LogP contribution in [0.25, 0.3) is 6.08 Å². The van der Waals surface area contributed by atoms with Gasteiger partial charge >= 0.3 is 0 Å². The second kappa shape index (κ2) is 2.50. The molecule has 1 aromatic heterocycles. The second-order valence-electron chi connectivity index (χ2n) is 3.06. The first kappa shape index (κ1) is 6.59. The smallest absolute Gasteiger partial charge is 0.198 e. The molecule has 0 aromatic carbocycles. The third-order valence-corrected chi connectivity index (χ3v) is 2.12. The fourth-order valence-electron chi connectivity index (χ4n) is 1.45. The molecule has 0 saturated heterocycles. The van der Waals surface area contributed by atoms with E-state index in [2.05, 4.69) is 42.0 Å². The fraction of sp³-hybridized carbons (Fsp3) is 0.300. The Labute approximate surface area is 67.0 Å². The van der Waals surface area contributed by atoms with Gasteiger partial charge in [-0.05, 0) is 13.0 Å². The molecular weight excluding hydrogens is 134 g/mol. The number of nitrogens with zero attached hydrogens (tertiary/aromatic N) is 1. The maximum absolute atomic E-state index is 2.28. The normalized spacial score (nSPS) is 15.5.